The zero-order valence-electron chi connectivity index (χ0n) is 14.3. The predicted octanol–water partition coefficient (Wildman–Crippen LogP) is 1.99. The van der Waals surface area contributed by atoms with Crippen LogP contribution in [0.15, 0.2) is 24.3 Å². The number of carboxylic acid groups (broad SMARTS) is 1. The van der Waals surface area contributed by atoms with Gasteiger partial charge in [0.2, 0.25) is 0 Å². The number of ether oxygens (including phenoxy) is 1. The van der Waals surface area contributed by atoms with Crippen LogP contribution in [-0.4, -0.2) is 51.0 Å². The van der Waals surface area contributed by atoms with E-state index < -0.39 is 30.6 Å². The highest BCUT2D eigenvalue weighted by Crippen LogP contribution is 2.29. The molecule has 24 heavy (non-hydrogen) atoms. The first-order valence-electron chi connectivity index (χ1n) is 8.68. The maximum Gasteiger partial charge on any atom is 0.307 e. The van der Waals surface area contributed by atoms with Crippen LogP contribution < -0.4 is 0 Å². The van der Waals surface area contributed by atoms with Gasteiger partial charge in [-0.25, -0.2) is 0 Å². The second-order valence-corrected chi connectivity index (χ2v) is 6.28. The van der Waals surface area contributed by atoms with Crippen LogP contribution in [0.3, 0.4) is 0 Å². The summed E-state index contributed by atoms with van der Waals surface area (Å²) in [7, 11) is 0. The molecule has 0 aromatic rings. The highest BCUT2D eigenvalue weighted by molar-refractivity contribution is 5.68. The number of rotatable bonds is 10. The Balaban J connectivity index is 2.60. The molecule has 1 fully saturated rings. The number of aliphatic hydroxyl groups excluding tert-OH is 3. The van der Waals surface area contributed by atoms with Gasteiger partial charge in [0.05, 0.1) is 24.7 Å². The van der Waals surface area contributed by atoms with E-state index in [1.54, 1.807) is 24.3 Å². The second kappa shape index (κ2) is 11.4. The number of unbranched alkanes of at least 4 members (excludes halogenated alkanes) is 2. The van der Waals surface area contributed by atoms with Gasteiger partial charge in [0.25, 0.3) is 0 Å². The Morgan fingerprint density at radius 1 is 1.29 bits per heavy atom. The fourth-order valence-electron chi connectivity index (χ4n) is 2.79. The van der Waals surface area contributed by atoms with Gasteiger partial charge in [-0.2, -0.15) is 0 Å². The van der Waals surface area contributed by atoms with E-state index in [1.165, 1.54) is 0 Å². The molecule has 1 heterocycles. The Bertz CT molecular complexity index is 420. The minimum absolute atomic E-state index is 0.0665. The fourth-order valence-corrected chi connectivity index (χ4v) is 2.79. The molecule has 0 bridgehead atoms. The van der Waals surface area contributed by atoms with Gasteiger partial charge in [-0.1, -0.05) is 50.5 Å². The van der Waals surface area contributed by atoms with E-state index in [4.69, 9.17) is 9.84 Å². The third kappa shape index (κ3) is 8.06. The molecule has 1 saturated heterocycles. The van der Waals surface area contributed by atoms with Gasteiger partial charge in [-0.3, -0.25) is 4.79 Å². The summed E-state index contributed by atoms with van der Waals surface area (Å²) in [6.07, 6.45) is 8.01. The van der Waals surface area contributed by atoms with Crippen molar-refractivity contribution < 1.29 is 30.0 Å². The van der Waals surface area contributed by atoms with Crippen molar-refractivity contribution >= 4 is 5.97 Å². The molecule has 0 amide bonds. The van der Waals surface area contributed by atoms with Gasteiger partial charge in [0.1, 0.15) is 0 Å². The largest absolute Gasteiger partial charge is 0.481 e. The molecule has 1 aliphatic heterocycles. The average Bonchev–Trinajstić information content (AvgIpc) is 2.51. The number of hydrogen-bond acceptors (Lipinski definition) is 5. The number of carbonyl (C=O) groups is 1. The molecular weight excluding hydrogens is 312 g/mol. The Hall–Kier alpha value is -1.21. The Morgan fingerprint density at radius 3 is 2.71 bits per heavy atom. The monoisotopic (exact) mass is 342 g/mol. The summed E-state index contributed by atoms with van der Waals surface area (Å²) in [5.41, 5.74) is 0. The number of carboxylic acids is 1. The van der Waals surface area contributed by atoms with Crippen LogP contribution in [0.4, 0.5) is 0 Å². The maximum atomic E-state index is 10.5. The third-order valence-electron chi connectivity index (χ3n) is 4.17. The minimum atomic E-state index is -1.04. The summed E-state index contributed by atoms with van der Waals surface area (Å²) in [4.78, 5) is 10.5. The SMILES string of the molecule is CCCCC[C@H](O)/C=C/[C@H]1O[C@@H](O)C[C@@H](O)[C@H]1C/C=C\CC(=O)O. The number of aliphatic carboxylic acids is 1. The summed E-state index contributed by atoms with van der Waals surface area (Å²) in [5.74, 6) is -1.19. The molecule has 6 nitrogen and oxygen atoms in total. The molecule has 0 unspecified atom stereocenters. The molecule has 0 saturated carbocycles. The van der Waals surface area contributed by atoms with E-state index in [0.29, 0.717) is 12.8 Å². The van der Waals surface area contributed by atoms with Crippen LogP contribution in [0, 0.1) is 5.92 Å². The second-order valence-electron chi connectivity index (χ2n) is 6.28. The third-order valence-corrected chi connectivity index (χ3v) is 4.17. The van der Waals surface area contributed by atoms with Gasteiger partial charge in [-0.15, -0.1) is 0 Å². The summed E-state index contributed by atoms with van der Waals surface area (Å²) < 4.78 is 5.47. The molecule has 6 heteroatoms. The van der Waals surface area contributed by atoms with Crippen molar-refractivity contribution in [2.24, 2.45) is 5.92 Å². The smallest absolute Gasteiger partial charge is 0.307 e. The van der Waals surface area contributed by atoms with Crippen molar-refractivity contribution in [3.8, 4) is 0 Å². The standard InChI is InChI=1S/C18H30O6/c1-2-3-4-7-13(19)10-11-16-14(8-5-6-9-17(21)22)15(20)12-18(23)24-16/h5-6,10-11,13-16,18-20,23H,2-4,7-9,12H2,1H3,(H,21,22)/b6-5-,11-10+/t13-,14+,15+,16+,18+/m0/s1. The lowest BCUT2D eigenvalue weighted by Gasteiger charge is -2.36. The zero-order chi connectivity index (χ0) is 17.9. The minimum Gasteiger partial charge on any atom is -0.481 e. The maximum absolute atomic E-state index is 10.5. The molecule has 1 rings (SSSR count). The molecule has 0 aromatic heterocycles. The van der Waals surface area contributed by atoms with Crippen molar-refractivity contribution in [2.75, 3.05) is 0 Å². The van der Waals surface area contributed by atoms with Crippen LogP contribution in [0.1, 0.15) is 51.9 Å². The normalized spacial score (nSPS) is 29.3. The number of aliphatic hydroxyl groups is 3. The van der Waals surface area contributed by atoms with Crippen LogP contribution in [0.5, 0.6) is 0 Å². The molecule has 5 atom stereocenters. The van der Waals surface area contributed by atoms with E-state index >= 15 is 0 Å². The topological polar surface area (TPSA) is 107 Å². The Labute approximate surface area is 143 Å². The lowest BCUT2D eigenvalue weighted by molar-refractivity contribution is -0.199. The van der Waals surface area contributed by atoms with E-state index in [9.17, 15) is 20.1 Å². The summed E-state index contributed by atoms with van der Waals surface area (Å²) in [6.45, 7) is 2.10. The van der Waals surface area contributed by atoms with Crippen molar-refractivity contribution in [3.63, 3.8) is 0 Å². The van der Waals surface area contributed by atoms with Gasteiger partial charge < -0.3 is 25.2 Å². The quantitative estimate of drug-likeness (QED) is 0.357. The lowest BCUT2D eigenvalue weighted by atomic mass is 9.87. The molecule has 138 valence electrons. The first-order valence-corrected chi connectivity index (χ1v) is 8.68. The zero-order valence-corrected chi connectivity index (χ0v) is 14.3. The average molecular weight is 342 g/mol. The van der Waals surface area contributed by atoms with Crippen molar-refractivity contribution in [1.29, 1.82) is 0 Å². The van der Waals surface area contributed by atoms with Gasteiger partial charge in [0.15, 0.2) is 6.29 Å². The van der Waals surface area contributed by atoms with Gasteiger partial charge in [0, 0.05) is 12.3 Å². The number of hydrogen-bond donors (Lipinski definition) is 4. The van der Waals surface area contributed by atoms with Crippen molar-refractivity contribution in [1.82, 2.24) is 0 Å². The van der Waals surface area contributed by atoms with Crippen LogP contribution in [0.2, 0.25) is 0 Å². The van der Waals surface area contributed by atoms with Crippen molar-refractivity contribution in [2.45, 2.75) is 76.5 Å². The number of allylic oxidation sites excluding steroid dienone is 1. The van der Waals surface area contributed by atoms with Gasteiger partial charge in [-0.05, 0) is 12.8 Å². The highest BCUT2D eigenvalue weighted by Gasteiger charge is 2.35. The molecule has 0 aromatic carbocycles. The summed E-state index contributed by atoms with van der Waals surface area (Å²) in [6, 6.07) is 0. The van der Waals surface area contributed by atoms with E-state index in [-0.39, 0.29) is 18.8 Å². The lowest BCUT2D eigenvalue weighted by Crippen LogP contribution is -2.43. The van der Waals surface area contributed by atoms with Crippen LogP contribution >= 0.6 is 0 Å². The first kappa shape index (κ1) is 20.8. The Morgan fingerprint density at radius 2 is 2.04 bits per heavy atom. The summed E-state index contributed by atoms with van der Waals surface area (Å²) >= 11 is 0. The molecule has 0 spiro atoms. The van der Waals surface area contributed by atoms with Crippen LogP contribution in [-0.2, 0) is 9.53 Å². The summed E-state index contributed by atoms with van der Waals surface area (Å²) in [5, 5.41) is 38.4. The molecule has 0 radical (unpaired) electrons. The highest BCUT2D eigenvalue weighted by atomic mass is 16.6. The van der Waals surface area contributed by atoms with Crippen molar-refractivity contribution in [3.05, 3.63) is 24.3 Å². The first-order chi connectivity index (χ1) is 11.4. The molecule has 1 aliphatic rings. The predicted molar refractivity (Wildman–Crippen MR) is 90.3 cm³/mol. The van der Waals surface area contributed by atoms with E-state index in [2.05, 4.69) is 6.92 Å². The van der Waals surface area contributed by atoms with Gasteiger partial charge >= 0.3 is 5.97 Å². The van der Waals surface area contributed by atoms with Crippen LogP contribution in [0.25, 0.3) is 0 Å². The molecular formula is C18H30O6. The fraction of sp³-hybridized carbons (Fsp3) is 0.722. The van der Waals surface area contributed by atoms with E-state index in [1.807, 2.05) is 0 Å². The van der Waals surface area contributed by atoms with E-state index in [0.717, 1.165) is 19.3 Å². The Kier molecular flexibility index (Phi) is 9.86. The molecule has 0 aliphatic carbocycles. The molecule has 4 N–H and O–H groups in total.